The van der Waals surface area contributed by atoms with Crippen molar-refractivity contribution in [2.24, 2.45) is 10.9 Å². The monoisotopic (exact) mass is 366 g/mol. The number of carbonyl (C=O) groups excluding carboxylic acids is 1. The summed E-state index contributed by atoms with van der Waals surface area (Å²) in [5, 5.41) is 0. The van der Waals surface area contributed by atoms with Crippen molar-refractivity contribution in [2.45, 2.75) is 13.8 Å². The number of allylic oxidation sites excluding steroid dienone is 2. The van der Waals surface area contributed by atoms with Gasteiger partial charge < -0.3 is 4.90 Å². The van der Waals surface area contributed by atoms with Gasteiger partial charge in [-0.05, 0) is 25.5 Å². The highest BCUT2D eigenvalue weighted by Gasteiger charge is 2.28. The minimum atomic E-state index is -4.69. The number of carbonyl (C=O) groups is 1. The van der Waals surface area contributed by atoms with Crippen LogP contribution in [0.25, 0.3) is 0 Å². The molecule has 1 aromatic carbocycles. The fourth-order valence-electron chi connectivity index (χ4n) is 2.64. The maximum atomic E-state index is 12.5. The molecule has 2 aliphatic heterocycles. The number of Topliss-reactive ketones (excluding diaryl/α,β-unsaturated/α-hetero) is 1. The molecule has 7 nitrogen and oxygen atoms in total. The Balaban J connectivity index is 0.000000399. The van der Waals surface area contributed by atoms with Crippen molar-refractivity contribution in [1.29, 1.82) is 0 Å². The summed E-state index contributed by atoms with van der Waals surface area (Å²) in [6, 6.07) is 7.79. The third-order valence-corrected chi connectivity index (χ3v) is 3.82. The molecule has 1 atom stereocenters. The molecule has 0 bridgehead atoms. The second-order valence-electron chi connectivity index (χ2n) is 5.83. The first-order chi connectivity index (χ1) is 11.6. The lowest BCUT2D eigenvalue weighted by atomic mass is 9.94. The van der Waals surface area contributed by atoms with Crippen LogP contribution in [-0.4, -0.2) is 34.3 Å². The highest BCUT2D eigenvalue weighted by atomic mass is 35.7. The van der Waals surface area contributed by atoms with Crippen LogP contribution in [0.1, 0.15) is 22.8 Å². The largest absolute Gasteiger partial charge is 0.332 e. The highest BCUT2D eigenvalue weighted by molar-refractivity contribution is 6.03. The van der Waals surface area contributed by atoms with E-state index < -0.39 is 10.2 Å². The Labute approximate surface area is 148 Å². The van der Waals surface area contributed by atoms with Crippen LogP contribution < -0.4 is 14.0 Å². The van der Waals surface area contributed by atoms with Gasteiger partial charge in [0.1, 0.15) is 5.84 Å². The van der Waals surface area contributed by atoms with Gasteiger partial charge in [-0.2, -0.15) is 14.0 Å². The third kappa shape index (κ3) is 5.77. The number of rotatable bonds is 2. The van der Waals surface area contributed by atoms with E-state index in [1.54, 1.807) is 0 Å². The fraction of sp³-hybridized carbons (Fsp3) is 0.294. The van der Waals surface area contributed by atoms with E-state index in [1.807, 2.05) is 43.5 Å². The Bertz CT molecular complexity index is 714. The van der Waals surface area contributed by atoms with Crippen LogP contribution in [0.15, 0.2) is 53.2 Å². The van der Waals surface area contributed by atoms with Crippen LogP contribution in [0.3, 0.4) is 0 Å². The molecule has 0 amide bonds. The first kappa shape index (κ1) is 19.3. The quantitative estimate of drug-likeness (QED) is 0.660. The third-order valence-electron chi connectivity index (χ3n) is 3.82. The smallest absolute Gasteiger partial charge is 0.169 e. The topological polar surface area (TPSA) is 122 Å². The molecule has 134 valence electrons. The summed E-state index contributed by atoms with van der Waals surface area (Å²) >= 11 is 0. The van der Waals surface area contributed by atoms with Crippen molar-refractivity contribution in [2.75, 3.05) is 13.1 Å². The van der Waals surface area contributed by atoms with E-state index in [4.69, 9.17) is 18.6 Å². The lowest BCUT2D eigenvalue weighted by Gasteiger charge is -2.32. The van der Waals surface area contributed by atoms with Crippen LogP contribution in [0.5, 0.6) is 0 Å². The Morgan fingerprint density at radius 2 is 1.84 bits per heavy atom. The first-order valence-electron chi connectivity index (χ1n) is 7.56. The van der Waals surface area contributed by atoms with Gasteiger partial charge >= 0.3 is 0 Å². The van der Waals surface area contributed by atoms with Crippen LogP contribution >= 0.6 is 0 Å². The predicted molar refractivity (Wildman–Crippen MR) is 83.1 cm³/mol. The Kier molecular flexibility index (Phi) is 6.10. The zero-order chi connectivity index (χ0) is 18.6. The number of hydrogen-bond acceptors (Lipinski definition) is 7. The van der Waals surface area contributed by atoms with E-state index in [0.717, 1.165) is 17.0 Å². The van der Waals surface area contributed by atoms with Crippen molar-refractivity contribution in [3.63, 3.8) is 0 Å². The van der Waals surface area contributed by atoms with E-state index in [2.05, 4.69) is 22.9 Å². The Morgan fingerprint density at radius 1 is 1.24 bits per heavy atom. The second-order valence-corrected chi connectivity index (χ2v) is 6.62. The highest BCUT2D eigenvalue weighted by Crippen LogP contribution is 2.21. The molecule has 0 spiro atoms. The van der Waals surface area contributed by atoms with Crippen molar-refractivity contribution in [3.05, 3.63) is 59.3 Å². The van der Waals surface area contributed by atoms with Gasteiger partial charge in [-0.25, -0.2) is 0 Å². The normalized spacial score (nSPS) is 19.3. The van der Waals surface area contributed by atoms with Gasteiger partial charge in [-0.3, -0.25) is 9.79 Å². The number of nitrogens with zero attached hydrogens (tertiary/aromatic N) is 2. The molecule has 25 heavy (non-hydrogen) atoms. The summed E-state index contributed by atoms with van der Waals surface area (Å²) < 4.78 is 32.7. The van der Waals surface area contributed by atoms with Gasteiger partial charge in [0.15, 0.2) is 5.78 Å². The lowest BCUT2D eigenvalue weighted by Crippen LogP contribution is -2.58. The number of halogens is 1. The lowest BCUT2D eigenvalue weighted by molar-refractivity contribution is -1.92. The van der Waals surface area contributed by atoms with Crippen LogP contribution in [0, 0.1) is 23.1 Å². The first-order valence-corrected chi connectivity index (χ1v) is 8.82. The van der Waals surface area contributed by atoms with Crippen LogP contribution in [0.4, 0.5) is 0 Å². The average Bonchev–Trinajstić information content (AvgIpc) is 2.53. The molecule has 0 aliphatic carbocycles. The molecule has 0 radical (unpaired) electrons. The number of aryl methyl sites for hydroxylation is 1. The molecule has 0 saturated carbocycles. The van der Waals surface area contributed by atoms with Gasteiger partial charge in [-0.15, -0.1) is 0 Å². The number of amidine groups is 1. The van der Waals surface area contributed by atoms with Gasteiger partial charge in [0, 0.05) is 18.3 Å². The molecule has 1 unspecified atom stereocenters. The molecule has 0 aromatic heterocycles. The molecule has 0 saturated heterocycles. The van der Waals surface area contributed by atoms with Gasteiger partial charge in [-0.1, -0.05) is 35.9 Å². The molecule has 8 heteroatoms. The predicted octanol–water partition coefficient (Wildman–Crippen LogP) is -1.14. The Morgan fingerprint density at radius 3 is 2.44 bits per heavy atom. The SMILES string of the molecule is CC1=CC=CN2CC(C(=O)c3ccc(C)cc3)CN=C12.[O-][Cl+3]([O-])([O-])O. The fourth-order valence-corrected chi connectivity index (χ4v) is 2.64. The van der Waals surface area contributed by atoms with Gasteiger partial charge in [0.05, 0.1) is 27.4 Å². The number of benzene rings is 1. The molecule has 2 aliphatic rings. The molecule has 1 aromatic rings. The second kappa shape index (κ2) is 7.90. The average molecular weight is 367 g/mol. The molecular weight excluding hydrogens is 348 g/mol. The Hall–Kier alpha value is -2.03. The van der Waals surface area contributed by atoms with Crippen molar-refractivity contribution < 1.29 is 33.7 Å². The van der Waals surface area contributed by atoms with Crippen LogP contribution in [0.2, 0.25) is 0 Å². The summed E-state index contributed by atoms with van der Waals surface area (Å²) in [5.41, 5.74) is 3.12. The van der Waals surface area contributed by atoms with E-state index >= 15 is 0 Å². The van der Waals surface area contributed by atoms with Crippen molar-refractivity contribution >= 4 is 11.6 Å². The molecule has 3 rings (SSSR count). The minimum absolute atomic E-state index is 0.0583. The zero-order valence-corrected chi connectivity index (χ0v) is 14.6. The molecule has 2 heterocycles. The van der Waals surface area contributed by atoms with E-state index in [0.29, 0.717) is 13.1 Å². The van der Waals surface area contributed by atoms with E-state index in [1.165, 1.54) is 5.56 Å². The number of ketones is 1. The zero-order valence-electron chi connectivity index (χ0n) is 13.9. The van der Waals surface area contributed by atoms with Crippen molar-refractivity contribution in [3.8, 4) is 0 Å². The summed E-state index contributed by atoms with van der Waals surface area (Å²) in [6.07, 6.45) is 6.06. The summed E-state index contributed by atoms with van der Waals surface area (Å²) in [6.45, 7) is 5.38. The number of aliphatic imine (C=N–C) groups is 1. The number of fused-ring (bicyclic) bond motifs is 1. The number of hydrogen-bond donors (Lipinski definition) is 1. The standard InChI is InChI=1S/C17H18N2O.ClHO4/c1-12-5-7-14(8-6-12)16(20)15-10-18-17-13(2)4-3-9-19(17)11-15;2-1(3,4)5/h3-9,15H,10-11H2,1-2H3;(H,2,3,4,5). The van der Waals surface area contributed by atoms with E-state index in [9.17, 15) is 4.79 Å². The van der Waals surface area contributed by atoms with Gasteiger partial charge in [0.25, 0.3) is 0 Å². The minimum Gasteiger partial charge on any atom is -0.332 e. The van der Waals surface area contributed by atoms with E-state index in [-0.39, 0.29) is 11.7 Å². The maximum Gasteiger partial charge on any atom is 0.169 e. The maximum absolute atomic E-state index is 12.5. The van der Waals surface area contributed by atoms with Gasteiger partial charge in [0.2, 0.25) is 0 Å². The molecular formula is C17H19ClN2O5. The summed E-state index contributed by atoms with van der Waals surface area (Å²) in [7, 11) is -4.69. The molecule has 1 N–H and O–H groups in total. The van der Waals surface area contributed by atoms with Crippen molar-refractivity contribution in [1.82, 2.24) is 4.90 Å². The summed E-state index contributed by atoms with van der Waals surface area (Å²) in [5.74, 6) is 1.13. The molecule has 0 fully saturated rings. The summed E-state index contributed by atoms with van der Waals surface area (Å²) in [4.78, 5) is 19.2. The van der Waals surface area contributed by atoms with Crippen LogP contribution in [-0.2, 0) is 0 Å².